The third-order valence-corrected chi connectivity index (χ3v) is 8.28. The van der Waals surface area contributed by atoms with Crippen LogP contribution in [-0.4, -0.2) is 238 Å². The summed E-state index contributed by atoms with van der Waals surface area (Å²) in [7, 11) is 0. The van der Waals surface area contributed by atoms with Gasteiger partial charge < -0.3 is 106 Å². The molecule has 0 aliphatic carbocycles. The fraction of sp³-hybridized carbons (Fsp3) is 0.556. The smallest absolute Gasteiger partial charge is 0.325 e. The average molecular weight is 1030 g/mol. The Morgan fingerprint density at radius 2 is 0.528 bits per heavy atom. The number of aliphatic hydroxyl groups excluding tert-OH is 3. The molecular weight excluding hydrogens is 976 g/mol. The molecule has 36 nitrogen and oxygen atoms in total. The standard InChI is InChI=1S/C36H58N16O20/c1-17(36(71)72)49-35(70)20(16-55)52-32(67)13-46-27(62)8-41-24(59)5-43-29(64)10-48-34(69)19(15-54)51-31(66)12-45-26(61)7-40-23(58)4-42-28(63)9-47-33(68)18(14-53)50-30(65)11-44-25(60)6-39-22(57)3-38-21(56)2-37/h17-20,53-55H,2-16,37H2,1H3,(H,38,56)(H,39,57)(H,40,58)(H,41,59)(H,42,63)(H,43,64)(H,44,60)(H,45,61)(H,46,62)(H,47,68)(H,48,69)(H,49,70)(H,50,65)(H,51,66)(H,52,67)(H,71,72)/t17-,18-,19-,20-/m0/s1. The Balaban J connectivity index is 4.41. The number of aliphatic hydroxyl groups is 3. The lowest BCUT2D eigenvalue weighted by atomic mass is 10.2. The van der Waals surface area contributed by atoms with Crippen molar-refractivity contribution < 1.29 is 97.1 Å². The van der Waals surface area contributed by atoms with E-state index in [1.807, 2.05) is 5.32 Å². The minimum absolute atomic E-state index is 0.352. The second-order valence-corrected chi connectivity index (χ2v) is 14.1. The van der Waals surface area contributed by atoms with Crippen LogP contribution in [0.2, 0.25) is 0 Å². The Kier molecular flexibility index (Phi) is 31.2. The zero-order valence-corrected chi connectivity index (χ0v) is 38.3. The highest BCUT2D eigenvalue weighted by Gasteiger charge is 2.25. The van der Waals surface area contributed by atoms with Crippen LogP contribution in [0.4, 0.5) is 0 Å². The summed E-state index contributed by atoms with van der Waals surface area (Å²) in [6.45, 7) is -9.47. The third-order valence-electron chi connectivity index (χ3n) is 8.28. The monoisotopic (exact) mass is 1030 g/mol. The van der Waals surface area contributed by atoms with E-state index < -0.39 is 211 Å². The normalized spacial score (nSPS) is 11.8. The molecule has 0 saturated heterocycles. The molecule has 72 heavy (non-hydrogen) atoms. The van der Waals surface area contributed by atoms with Crippen molar-refractivity contribution in [3.63, 3.8) is 0 Å². The van der Waals surface area contributed by atoms with Gasteiger partial charge in [-0.2, -0.15) is 0 Å². The Morgan fingerprint density at radius 3 is 0.750 bits per heavy atom. The van der Waals surface area contributed by atoms with Gasteiger partial charge in [0.25, 0.3) is 0 Å². The molecule has 36 heteroatoms. The highest BCUT2D eigenvalue weighted by molar-refractivity contribution is 5.96. The molecule has 0 radical (unpaired) electrons. The summed E-state index contributed by atoms with van der Waals surface area (Å²) >= 11 is 0. The molecule has 0 aromatic rings. The summed E-state index contributed by atoms with van der Waals surface area (Å²) in [5, 5.41) is 68.7. The summed E-state index contributed by atoms with van der Waals surface area (Å²) in [5.41, 5.74) is 5.08. The molecular formula is C36H58N16O20. The van der Waals surface area contributed by atoms with Crippen molar-refractivity contribution in [3.05, 3.63) is 0 Å². The Morgan fingerprint density at radius 1 is 0.319 bits per heavy atom. The molecule has 4 atom stereocenters. The maximum Gasteiger partial charge on any atom is 0.325 e. The molecule has 0 heterocycles. The van der Waals surface area contributed by atoms with E-state index in [1.165, 1.54) is 0 Å². The van der Waals surface area contributed by atoms with E-state index in [0.29, 0.717) is 0 Å². The SMILES string of the molecule is C[C@H](NC(=O)[C@H](CO)NC(=O)CNC(=O)CNC(=O)CNC(=O)CNC(=O)[C@H](CO)NC(=O)CNC(=O)CNC(=O)CNC(=O)CNC(=O)[C@H](CO)NC(=O)CNC(=O)CNC(=O)CNC(=O)CN)C(=O)O. The van der Waals surface area contributed by atoms with E-state index in [0.717, 1.165) is 6.92 Å². The lowest BCUT2D eigenvalue weighted by Crippen LogP contribution is -2.54. The minimum Gasteiger partial charge on any atom is -0.480 e. The van der Waals surface area contributed by atoms with E-state index in [2.05, 4.69) is 74.4 Å². The number of hydrogen-bond acceptors (Lipinski definition) is 20. The summed E-state index contributed by atoms with van der Waals surface area (Å²) in [4.78, 5) is 191. The Bertz CT molecular complexity index is 2010. The molecule has 0 saturated carbocycles. The molecule has 15 amide bonds. The first kappa shape index (κ1) is 63.4. The van der Waals surface area contributed by atoms with Gasteiger partial charge in [-0.25, -0.2) is 0 Å². The van der Waals surface area contributed by atoms with Crippen molar-refractivity contribution in [1.82, 2.24) is 79.8 Å². The van der Waals surface area contributed by atoms with Gasteiger partial charge in [-0.15, -0.1) is 0 Å². The second kappa shape index (κ2) is 35.5. The number of hydrogen-bond donors (Lipinski definition) is 20. The number of rotatable bonds is 34. The van der Waals surface area contributed by atoms with Crippen LogP contribution in [0.1, 0.15) is 6.92 Å². The highest BCUT2D eigenvalue weighted by Crippen LogP contribution is 1.89. The summed E-state index contributed by atoms with van der Waals surface area (Å²) in [6, 6.07) is -6.05. The van der Waals surface area contributed by atoms with Gasteiger partial charge in [0.05, 0.1) is 98.4 Å². The topological polar surface area (TPSA) is 561 Å². The lowest BCUT2D eigenvalue weighted by molar-refractivity contribution is -0.142. The van der Waals surface area contributed by atoms with Gasteiger partial charge in [-0.05, 0) is 6.92 Å². The van der Waals surface area contributed by atoms with Crippen molar-refractivity contribution in [2.24, 2.45) is 5.73 Å². The van der Waals surface area contributed by atoms with Gasteiger partial charge in [-0.3, -0.25) is 76.7 Å². The number of carboxylic acid groups (broad SMARTS) is 1. The van der Waals surface area contributed by atoms with Crippen molar-refractivity contribution >= 4 is 94.6 Å². The molecule has 0 spiro atoms. The first-order valence-electron chi connectivity index (χ1n) is 20.8. The second-order valence-electron chi connectivity index (χ2n) is 14.1. The van der Waals surface area contributed by atoms with Gasteiger partial charge in [0.1, 0.15) is 24.2 Å². The highest BCUT2D eigenvalue weighted by atomic mass is 16.4. The van der Waals surface area contributed by atoms with E-state index in [-0.39, 0.29) is 6.54 Å². The minimum atomic E-state index is -1.63. The fourth-order valence-electron chi connectivity index (χ4n) is 4.46. The van der Waals surface area contributed by atoms with E-state index in [4.69, 9.17) is 10.8 Å². The van der Waals surface area contributed by atoms with E-state index in [9.17, 15) is 92.0 Å². The zero-order valence-electron chi connectivity index (χ0n) is 38.3. The summed E-state index contributed by atoms with van der Waals surface area (Å²) < 4.78 is 0. The van der Waals surface area contributed by atoms with E-state index >= 15 is 0 Å². The van der Waals surface area contributed by atoms with Crippen LogP contribution >= 0.6 is 0 Å². The summed E-state index contributed by atoms with van der Waals surface area (Å²) in [6.07, 6.45) is 0. The van der Waals surface area contributed by atoms with Gasteiger partial charge in [0.15, 0.2) is 0 Å². The number of aliphatic carboxylic acids is 1. The molecule has 0 bridgehead atoms. The van der Waals surface area contributed by atoms with Crippen molar-refractivity contribution in [2.45, 2.75) is 31.1 Å². The predicted octanol–water partition coefficient (Wildman–Crippen LogP) is -15.8. The molecule has 0 rings (SSSR count). The number of amides is 15. The van der Waals surface area contributed by atoms with Crippen LogP contribution in [0, 0.1) is 0 Å². The lowest BCUT2D eigenvalue weighted by Gasteiger charge is -2.18. The average Bonchev–Trinajstić information content (AvgIpc) is 3.35. The number of nitrogens with two attached hydrogens (primary N) is 1. The predicted molar refractivity (Wildman–Crippen MR) is 234 cm³/mol. The molecule has 402 valence electrons. The number of carboxylic acids is 1. The van der Waals surface area contributed by atoms with E-state index in [1.54, 1.807) is 0 Å². The molecule has 0 aliphatic rings. The quantitative estimate of drug-likeness (QED) is 0.0285. The van der Waals surface area contributed by atoms with Crippen LogP contribution in [-0.2, 0) is 76.7 Å². The zero-order chi connectivity index (χ0) is 54.8. The Labute approximate surface area is 406 Å². The third kappa shape index (κ3) is 30.0. The van der Waals surface area contributed by atoms with Gasteiger partial charge in [-0.1, -0.05) is 0 Å². The largest absolute Gasteiger partial charge is 0.480 e. The first-order valence-corrected chi connectivity index (χ1v) is 20.8. The van der Waals surface area contributed by atoms with Gasteiger partial charge in [0, 0.05) is 0 Å². The van der Waals surface area contributed by atoms with Crippen molar-refractivity contribution in [1.29, 1.82) is 0 Å². The number of nitrogens with one attached hydrogen (secondary N) is 15. The fourth-order valence-corrected chi connectivity index (χ4v) is 4.46. The van der Waals surface area contributed by atoms with Crippen LogP contribution in [0.25, 0.3) is 0 Å². The molecule has 0 aromatic heterocycles. The van der Waals surface area contributed by atoms with Crippen LogP contribution < -0.4 is 85.5 Å². The first-order chi connectivity index (χ1) is 33.9. The maximum atomic E-state index is 12.4. The number of carbonyl (C=O) groups is 16. The maximum absolute atomic E-state index is 12.4. The van der Waals surface area contributed by atoms with Gasteiger partial charge in [0.2, 0.25) is 88.6 Å². The van der Waals surface area contributed by atoms with Gasteiger partial charge >= 0.3 is 5.97 Å². The van der Waals surface area contributed by atoms with Crippen LogP contribution in [0.3, 0.4) is 0 Å². The summed E-state index contributed by atoms with van der Waals surface area (Å²) in [5.74, 6) is -15.0. The molecule has 0 aliphatic heterocycles. The van der Waals surface area contributed by atoms with Crippen LogP contribution in [0.15, 0.2) is 0 Å². The van der Waals surface area contributed by atoms with Crippen molar-refractivity contribution in [2.75, 3.05) is 98.4 Å². The number of carbonyl (C=O) groups excluding carboxylic acids is 15. The van der Waals surface area contributed by atoms with Crippen molar-refractivity contribution in [3.8, 4) is 0 Å². The molecule has 0 unspecified atom stereocenters. The van der Waals surface area contributed by atoms with Crippen LogP contribution in [0.5, 0.6) is 0 Å². The molecule has 0 fully saturated rings. The Hall–Kier alpha value is -8.64. The molecule has 0 aromatic carbocycles. The molecule has 21 N–H and O–H groups in total.